The molecule has 0 saturated heterocycles. The predicted molar refractivity (Wildman–Crippen MR) is 40.7 cm³/mol. The Bertz CT molecular complexity index is 60.0. The van der Waals surface area contributed by atoms with Gasteiger partial charge in [-0.1, -0.05) is 6.82 Å². The van der Waals surface area contributed by atoms with Crippen molar-refractivity contribution in [3.05, 3.63) is 0 Å². The molecule has 0 spiro atoms. The first-order valence-corrected chi connectivity index (χ1v) is 3.27. The summed E-state index contributed by atoms with van der Waals surface area (Å²) in [4.78, 5) is 0. The molecule has 0 aromatic carbocycles. The molecule has 0 aromatic rings. The van der Waals surface area contributed by atoms with E-state index in [2.05, 4.69) is 0 Å². The van der Waals surface area contributed by atoms with E-state index in [-0.39, 0.29) is 0 Å². The monoisotopic (exact) mass is 131 g/mol. The highest BCUT2D eigenvalue weighted by Crippen LogP contribution is 2.05. The lowest BCUT2D eigenvalue weighted by Gasteiger charge is -2.16. The molecular weight excluding hydrogens is 119 g/mol. The summed E-state index contributed by atoms with van der Waals surface area (Å²) in [5.41, 5.74) is 0. The SMILES string of the molecule is C[B]N(C)SN(C)C. The molecule has 0 fully saturated rings. The normalized spacial score (nSPS) is 10.8. The lowest BCUT2D eigenvalue weighted by molar-refractivity contribution is 0.671. The van der Waals surface area contributed by atoms with Crippen molar-refractivity contribution >= 4 is 19.5 Å². The Morgan fingerprint density at radius 3 is 1.88 bits per heavy atom. The van der Waals surface area contributed by atoms with Gasteiger partial charge in [-0.25, -0.2) is 4.31 Å². The molecule has 0 rings (SSSR count). The molecule has 0 aliphatic rings. The van der Waals surface area contributed by atoms with E-state index in [1.54, 1.807) is 12.1 Å². The number of hydrogen-bond donors (Lipinski definition) is 0. The number of hydrogen-bond acceptors (Lipinski definition) is 3. The van der Waals surface area contributed by atoms with Crippen molar-refractivity contribution in [3.63, 3.8) is 0 Å². The predicted octanol–water partition coefficient (Wildman–Crippen LogP) is 0.710. The lowest BCUT2D eigenvalue weighted by Crippen LogP contribution is -2.17. The fourth-order valence-corrected chi connectivity index (χ4v) is 0.914. The van der Waals surface area contributed by atoms with Crippen LogP contribution in [0.2, 0.25) is 6.82 Å². The molecule has 4 heteroatoms. The minimum Gasteiger partial charge on any atom is -0.286 e. The van der Waals surface area contributed by atoms with Crippen molar-refractivity contribution in [3.8, 4) is 0 Å². The molecule has 0 atom stereocenters. The van der Waals surface area contributed by atoms with Crippen LogP contribution in [0.25, 0.3) is 0 Å². The summed E-state index contributed by atoms with van der Waals surface area (Å²) in [6.07, 6.45) is 0. The van der Waals surface area contributed by atoms with Crippen LogP contribution in [0.1, 0.15) is 0 Å². The molecule has 0 aliphatic heterocycles. The van der Waals surface area contributed by atoms with Gasteiger partial charge in [0.05, 0.1) is 0 Å². The van der Waals surface area contributed by atoms with Crippen molar-refractivity contribution in [2.75, 3.05) is 21.1 Å². The molecule has 8 heavy (non-hydrogen) atoms. The second kappa shape index (κ2) is 4.24. The van der Waals surface area contributed by atoms with E-state index >= 15 is 0 Å². The molecule has 0 aromatic heterocycles. The van der Waals surface area contributed by atoms with Crippen LogP contribution < -0.4 is 0 Å². The molecule has 0 unspecified atom stereocenters. The third kappa shape index (κ3) is 4.49. The molecule has 47 valence electrons. The second-order valence-electron chi connectivity index (χ2n) is 1.70. The Kier molecular flexibility index (Phi) is 4.41. The van der Waals surface area contributed by atoms with Gasteiger partial charge in [0.2, 0.25) is 7.41 Å². The maximum Gasteiger partial charge on any atom is 0.221 e. The molecule has 0 N–H and O–H groups in total. The second-order valence-corrected chi connectivity index (χ2v) is 3.17. The molecule has 0 saturated carbocycles. The van der Waals surface area contributed by atoms with E-state index in [0.717, 1.165) is 0 Å². The average molecular weight is 131 g/mol. The third-order valence-corrected chi connectivity index (χ3v) is 1.45. The Morgan fingerprint density at radius 1 is 1.25 bits per heavy atom. The Labute approximate surface area is 56.8 Å². The summed E-state index contributed by atoms with van der Waals surface area (Å²) in [6.45, 7) is 2.01. The van der Waals surface area contributed by atoms with Crippen LogP contribution in [-0.2, 0) is 0 Å². The van der Waals surface area contributed by atoms with Crippen LogP contribution in [0.4, 0.5) is 0 Å². The third-order valence-electron chi connectivity index (χ3n) is 0.656. The van der Waals surface area contributed by atoms with E-state index in [4.69, 9.17) is 0 Å². The summed E-state index contributed by atoms with van der Waals surface area (Å²) >= 11 is 1.67. The van der Waals surface area contributed by atoms with Gasteiger partial charge in [-0.3, -0.25) is 4.22 Å². The van der Waals surface area contributed by atoms with Crippen molar-refractivity contribution in [1.82, 2.24) is 8.52 Å². The van der Waals surface area contributed by atoms with Crippen molar-refractivity contribution in [2.24, 2.45) is 0 Å². The van der Waals surface area contributed by atoms with Crippen molar-refractivity contribution in [1.29, 1.82) is 0 Å². The first kappa shape index (κ1) is 8.33. The molecule has 0 heterocycles. The largest absolute Gasteiger partial charge is 0.286 e. The quantitative estimate of drug-likeness (QED) is 0.411. The zero-order valence-corrected chi connectivity index (χ0v) is 6.70. The van der Waals surface area contributed by atoms with Gasteiger partial charge in [-0.15, -0.1) is 0 Å². The van der Waals surface area contributed by atoms with Crippen LogP contribution in [0, 0.1) is 0 Å². The lowest BCUT2D eigenvalue weighted by atomic mass is 10.0. The molecule has 0 amide bonds. The first-order valence-electron chi connectivity index (χ1n) is 2.54. The van der Waals surface area contributed by atoms with Crippen LogP contribution in [0.3, 0.4) is 0 Å². The number of nitrogens with zero attached hydrogens (tertiary/aromatic N) is 2. The Hall–Kier alpha value is 0.335. The first-order chi connectivity index (χ1) is 3.66. The standard InChI is InChI=1S/C4H12BN2S/c1-5-7(4)8-6(2)3/h1-4H3. The molecule has 1 radical (unpaired) electrons. The highest BCUT2D eigenvalue weighted by atomic mass is 32.2. The summed E-state index contributed by atoms with van der Waals surface area (Å²) in [6, 6.07) is 0. The minimum atomic E-state index is 1.67. The fourth-order valence-electron chi connectivity index (χ4n) is 0.305. The van der Waals surface area contributed by atoms with Gasteiger partial charge < -0.3 is 0 Å². The average Bonchev–Trinajstić information content (AvgIpc) is 1.65. The Morgan fingerprint density at radius 2 is 1.75 bits per heavy atom. The fraction of sp³-hybridized carbons (Fsp3) is 1.00. The van der Waals surface area contributed by atoms with Gasteiger partial charge in [0.15, 0.2) is 0 Å². The topological polar surface area (TPSA) is 6.48 Å². The van der Waals surface area contributed by atoms with Gasteiger partial charge in [0, 0.05) is 0 Å². The smallest absolute Gasteiger partial charge is 0.221 e. The van der Waals surface area contributed by atoms with E-state index < -0.39 is 0 Å². The van der Waals surface area contributed by atoms with Gasteiger partial charge in [0.1, 0.15) is 0 Å². The summed E-state index contributed by atoms with van der Waals surface area (Å²) in [5.74, 6) is 0. The van der Waals surface area contributed by atoms with E-state index in [9.17, 15) is 0 Å². The van der Waals surface area contributed by atoms with Crippen molar-refractivity contribution in [2.45, 2.75) is 6.82 Å². The van der Waals surface area contributed by atoms with E-state index in [0.29, 0.717) is 0 Å². The molecular formula is C4H12BN2S. The zero-order valence-electron chi connectivity index (χ0n) is 5.88. The molecule has 2 nitrogen and oxygen atoms in total. The highest BCUT2D eigenvalue weighted by molar-refractivity contribution is 7.95. The van der Waals surface area contributed by atoms with Crippen LogP contribution in [0.15, 0.2) is 0 Å². The van der Waals surface area contributed by atoms with Gasteiger partial charge >= 0.3 is 0 Å². The number of rotatable bonds is 3. The Balaban J connectivity index is 3.10. The maximum absolute atomic E-state index is 2.04. The van der Waals surface area contributed by atoms with Crippen LogP contribution >= 0.6 is 12.1 Å². The van der Waals surface area contributed by atoms with E-state index in [1.165, 1.54) is 0 Å². The zero-order chi connectivity index (χ0) is 6.57. The maximum atomic E-state index is 2.04. The van der Waals surface area contributed by atoms with Crippen LogP contribution in [-0.4, -0.2) is 37.1 Å². The van der Waals surface area contributed by atoms with E-state index in [1.807, 2.05) is 43.9 Å². The van der Waals surface area contributed by atoms with Crippen LogP contribution in [0.5, 0.6) is 0 Å². The van der Waals surface area contributed by atoms with Gasteiger partial charge in [-0.05, 0) is 33.3 Å². The molecule has 0 bridgehead atoms. The van der Waals surface area contributed by atoms with Gasteiger partial charge in [-0.2, -0.15) is 0 Å². The van der Waals surface area contributed by atoms with Crippen molar-refractivity contribution < 1.29 is 0 Å². The highest BCUT2D eigenvalue weighted by Gasteiger charge is 1.95. The van der Waals surface area contributed by atoms with Gasteiger partial charge in [0.25, 0.3) is 0 Å². The summed E-state index contributed by atoms with van der Waals surface area (Å²) < 4.78 is 4.08. The minimum absolute atomic E-state index is 1.67. The summed E-state index contributed by atoms with van der Waals surface area (Å²) in [5, 5.41) is 0. The molecule has 0 aliphatic carbocycles. The summed E-state index contributed by atoms with van der Waals surface area (Å²) in [7, 11) is 8.07.